The molecule has 0 bridgehead atoms. The molecule has 0 heterocycles. The first kappa shape index (κ1) is 22.5. The molecule has 10 nitrogen and oxygen atoms in total. The number of non-ortho nitro benzene ring substituents is 1. The molecule has 0 aromatic heterocycles. The fourth-order valence-corrected chi connectivity index (χ4v) is 4.36. The predicted octanol–water partition coefficient (Wildman–Crippen LogP) is 5.52. The molecule has 0 radical (unpaired) electrons. The van der Waals surface area contributed by atoms with Gasteiger partial charge in [0.15, 0.2) is 0 Å². The molecule has 3 aromatic rings. The van der Waals surface area contributed by atoms with Crippen LogP contribution in [0.1, 0.15) is 22.3 Å². The van der Waals surface area contributed by atoms with Crippen molar-refractivity contribution in [2.75, 3.05) is 0 Å². The van der Waals surface area contributed by atoms with E-state index in [-0.39, 0.29) is 22.5 Å². The van der Waals surface area contributed by atoms with Crippen LogP contribution in [0.3, 0.4) is 0 Å². The van der Waals surface area contributed by atoms with Crippen molar-refractivity contribution in [2.24, 2.45) is 4.99 Å². The SMILES string of the molecule is O=[N+]([O-])C1=CC([N+](=O)[O-])=C2C(=Cc3cc([N+](=O)[O-])ccc32)C1=Nc1ccccc1Cc1ccccc1. The summed E-state index contributed by atoms with van der Waals surface area (Å²) in [4.78, 5) is 37.8. The number of hydrogen-bond donors (Lipinski definition) is 0. The van der Waals surface area contributed by atoms with Gasteiger partial charge in [-0.15, -0.1) is 0 Å². The van der Waals surface area contributed by atoms with E-state index < -0.39 is 26.2 Å². The van der Waals surface area contributed by atoms with Crippen LogP contribution in [0.4, 0.5) is 11.4 Å². The first-order valence-electron chi connectivity index (χ1n) is 10.8. The van der Waals surface area contributed by atoms with Gasteiger partial charge in [-0.1, -0.05) is 48.5 Å². The minimum Gasteiger partial charge on any atom is -0.258 e. The molecule has 0 saturated heterocycles. The van der Waals surface area contributed by atoms with Crippen molar-refractivity contribution in [3.63, 3.8) is 0 Å². The van der Waals surface area contributed by atoms with Gasteiger partial charge in [-0.2, -0.15) is 0 Å². The lowest BCUT2D eigenvalue weighted by Crippen LogP contribution is -2.20. The molecule has 0 N–H and O–H groups in total. The van der Waals surface area contributed by atoms with Gasteiger partial charge in [0, 0.05) is 17.7 Å². The molecule has 5 rings (SSSR count). The molecule has 2 aliphatic rings. The van der Waals surface area contributed by atoms with E-state index in [0.29, 0.717) is 23.2 Å². The van der Waals surface area contributed by atoms with Crippen LogP contribution < -0.4 is 0 Å². The molecular weight excluding hydrogens is 464 g/mol. The number of nitro benzene ring substituents is 1. The standard InChI is InChI=1S/C26H16N4O6/c31-28(32)19-10-11-20-18(13-19)14-21-25(20)23(29(33)34)15-24(30(35)36)26(21)27-22-9-5-4-8-17(22)12-16-6-2-1-3-7-16/h1-11,13-15H,12H2. The van der Waals surface area contributed by atoms with Crippen LogP contribution in [-0.4, -0.2) is 20.5 Å². The van der Waals surface area contributed by atoms with Gasteiger partial charge in [0.2, 0.25) is 0 Å². The highest BCUT2D eigenvalue weighted by Gasteiger charge is 2.41. The third-order valence-corrected chi connectivity index (χ3v) is 5.97. The van der Waals surface area contributed by atoms with Crippen LogP contribution in [0.15, 0.2) is 101 Å². The summed E-state index contributed by atoms with van der Waals surface area (Å²) in [6.45, 7) is 0. The van der Waals surface area contributed by atoms with E-state index in [1.807, 2.05) is 42.5 Å². The smallest absolute Gasteiger partial charge is 0.258 e. The van der Waals surface area contributed by atoms with Gasteiger partial charge in [0.25, 0.3) is 11.4 Å². The highest BCUT2D eigenvalue weighted by Crippen LogP contribution is 2.44. The summed E-state index contributed by atoms with van der Waals surface area (Å²) in [6, 6.07) is 20.8. The number of nitrogens with zero attached hydrogens (tertiary/aromatic N) is 4. The van der Waals surface area contributed by atoms with E-state index >= 15 is 0 Å². The van der Waals surface area contributed by atoms with Crippen LogP contribution in [0.25, 0.3) is 11.6 Å². The van der Waals surface area contributed by atoms with Crippen molar-refractivity contribution in [2.45, 2.75) is 6.42 Å². The van der Waals surface area contributed by atoms with E-state index in [0.717, 1.165) is 17.2 Å². The van der Waals surface area contributed by atoms with Crippen molar-refractivity contribution < 1.29 is 14.8 Å². The molecule has 0 amide bonds. The second kappa shape index (κ2) is 8.84. The molecule has 0 fully saturated rings. The Kier molecular flexibility index (Phi) is 5.53. The number of aliphatic imine (C=N–C) groups is 1. The summed E-state index contributed by atoms with van der Waals surface area (Å²) in [5, 5.41) is 35.1. The first-order valence-corrected chi connectivity index (χ1v) is 10.8. The van der Waals surface area contributed by atoms with E-state index in [1.54, 1.807) is 12.1 Å². The third kappa shape index (κ3) is 3.96. The van der Waals surface area contributed by atoms with Crippen LogP contribution in [0.2, 0.25) is 0 Å². The topological polar surface area (TPSA) is 142 Å². The number of fused-ring (bicyclic) bond motifs is 3. The van der Waals surface area contributed by atoms with Crippen molar-refractivity contribution >= 4 is 28.7 Å². The molecule has 0 spiro atoms. The zero-order valence-electron chi connectivity index (χ0n) is 18.5. The quantitative estimate of drug-likeness (QED) is 0.336. The lowest BCUT2D eigenvalue weighted by molar-refractivity contribution is -0.428. The molecular formula is C26H16N4O6. The maximum Gasteiger partial charge on any atom is 0.302 e. The second-order valence-corrected chi connectivity index (χ2v) is 8.14. The Morgan fingerprint density at radius 1 is 0.750 bits per heavy atom. The van der Waals surface area contributed by atoms with Crippen molar-refractivity contribution in [1.82, 2.24) is 0 Å². The number of rotatable bonds is 6. The van der Waals surface area contributed by atoms with Crippen LogP contribution in [0, 0.1) is 30.3 Å². The van der Waals surface area contributed by atoms with Crippen LogP contribution in [-0.2, 0) is 6.42 Å². The second-order valence-electron chi connectivity index (χ2n) is 8.14. The third-order valence-electron chi connectivity index (χ3n) is 5.97. The lowest BCUT2D eigenvalue weighted by Gasteiger charge is -2.15. The Morgan fingerprint density at radius 2 is 1.47 bits per heavy atom. The van der Waals surface area contributed by atoms with Gasteiger partial charge in [-0.3, -0.25) is 30.3 Å². The molecule has 0 unspecified atom stereocenters. The number of hydrogen-bond acceptors (Lipinski definition) is 7. The fraction of sp³-hybridized carbons (Fsp3) is 0.0385. The highest BCUT2D eigenvalue weighted by atomic mass is 16.6. The molecule has 176 valence electrons. The molecule has 36 heavy (non-hydrogen) atoms. The minimum atomic E-state index is -0.703. The minimum absolute atomic E-state index is 0.0417. The Balaban J connectivity index is 1.70. The first-order chi connectivity index (χ1) is 17.3. The predicted molar refractivity (Wildman–Crippen MR) is 133 cm³/mol. The lowest BCUT2D eigenvalue weighted by atomic mass is 9.91. The van der Waals surface area contributed by atoms with E-state index in [2.05, 4.69) is 4.99 Å². The van der Waals surface area contributed by atoms with Gasteiger partial charge in [-0.05, 0) is 46.9 Å². The van der Waals surface area contributed by atoms with Gasteiger partial charge in [0.05, 0.1) is 32.1 Å². The summed E-state index contributed by atoms with van der Waals surface area (Å²) in [7, 11) is 0. The Hall–Kier alpha value is -5.25. The zero-order valence-corrected chi connectivity index (χ0v) is 18.5. The average molecular weight is 480 g/mol. The molecule has 10 heteroatoms. The Labute approximate surface area is 203 Å². The van der Waals surface area contributed by atoms with Crippen molar-refractivity contribution in [3.8, 4) is 0 Å². The van der Waals surface area contributed by atoms with Gasteiger partial charge in [-0.25, -0.2) is 4.99 Å². The van der Waals surface area contributed by atoms with E-state index in [4.69, 9.17) is 0 Å². The normalized spacial score (nSPS) is 15.2. The van der Waals surface area contributed by atoms with Crippen molar-refractivity contribution in [1.29, 1.82) is 0 Å². The van der Waals surface area contributed by atoms with Crippen molar-refractivity contribution in [3.05, 3.63) is 148 Å². The fourth-order valence-electron chi connectivity index (χ4n) is 4.36. The van der Waals surface area contributed by atoms with E-state index in [9.17, 15) is 30.3 Å². The van der Waals surface area contributed by atoms with Gasteiger partial charge in [0.1, 0.15) is 5.71 Å². The summed E-state index contributed by atoms with van der Waals surface area (Å²) in [5.41, 5.74) is 2.17. The largest absolute Gasteiger partial charge is 0.302 e. The molecule has 0 atom stereocenters. The number of nitro groups is 3. The van der Waals surface area contributed by atoms with Crippen LogP contribution >= 0.6 is 0 Å². The Morgan fingerprint density at radius 3 is 2.17 bits per heavy atom. The van der Waals surface area contributed by atoms with Crippen LogP contribution in [0.5, 0.6) is 0 Å². The number of allylic oxidation sites excluding steroid dienone is 3. The summed E-state index contributed by atoms with van der Waals surface area (Å²) >= 11 is 0. The summed E-state index contributed by atoms with van der Waals surface area (Å²) < 4.78 is 0. The number of benzene rings is 3. The molecule has 3 aromatic carbocycles. The Bertz CT molecular complexity index is 1580. The molecule has 0 aliphatic heterocycles. The van der Waals surface area contributed by atoms with Gasteiger partial charge >= 0.3 is 5.70 Å². The average Bonchev–Trinajstić information content (AvgIpc) is 3.24. The summed E-state index contributed by atoms with van der Waals surface area (Å²) in [5.74, 6) is 0. The monoisotopic (exact) mass is 480 g/mol. The zero-order chi connectivity index (χ0) is 25.4. The highest BCUT2D eigenvalue weighted by molar-refractivity contribution is 6.28. The maximum absolute atomic E-state index is 12.0. The number of para-hydroxylation sites is 1. The van der Waals surface area contributed by atoms with E-state index in [1.165, 1.54) is 24.3 Å². The summed E-state index contributed by atoms with van der Waals surface area (Å²) in [6.07, 6.45) is 2.91. The molecule has 2 aliphatic carbocycles. The molecule has 0 saturated carbocycles. The maximum atomic E-state index is 12.0. The van der Waals surface area contributed by atoms with Gasteiger partial charge < -0.3 is 0 Å².